The van der Waals surface area contributed by atoms with Crippen LogP contribution in [0.1, 0.15) is 29.5 Å². The van der Waals surface area contributed by atoms with E-state index in [4.69, 9.17) is 5.26 Å². The Morgan fingerprint density at radius 2 is 1.89 bits per heavy atom. The van der Waals surface area contributed by atoms with Gasteiger partial charge in [-0.1, -0.05) is 49.4 Å². The normalized spacial score (nSPS) is 11.8. The molecule has 0 spiro atoms. The monoisotopic (exact) mass is 250 g/mol. The smallest absolute Gasteiger partial charge is 0.0991 e. The lowest BCUT2D eigenvalue weighted by molar-refractivity contribution is 0.615. The van der Waals surface area contributed by atoms with Crippen LogP contribution in [0, 0.1) is 11.3 Å². The van der Waals surface area contributed by atoms with Crippen LogP contribution in [0.3, 0.4) is 0 Å². The van der Waals surface area contributed by atoms with E-state index in [-0.39, 0.29) is 0 Å². The second-order valence-electron chi connectivity index (χ2n) is 4.75. The SMILES string of the molecule is CC(CNCc1cccc(C#N)c1)c1ccccc1. The van der Waals surface area contributed by atoms with Gasteiger partial charge in [0.25, 0.3) is 0 Å². The molecule has 0 saturated carbocycles. The van der Waals surface area contributed by atoms with Gasteiger partial charge in [-0.2, -0.15) is 5.26 Å². The molecule has 0 bridgehead atoms. The molecule has 0 saturated heterocycles. The van der Waals surface area contributed by atoms with Crippen LogP contribution in [0.5, 0.6) is 0 Å². The summed E-state index contributed by atoms with van der Waals surface area (Å²) in [6.45, 7) is 3.95. The molecule has 1 N–H and O–H groups in total. The van der Waals surface area contributed by atoms with Gasteiger partial charge in [0.2, 0.25) is 0 Å². The van der Waals surface area contributed by atoms with Crippen molar-refractivity contribution in [3.63, 3.8) is 0 Å². The van der Waals surface area contributed by atoms with Gasteiger partial charge >= 0.3 is 0 Å². The number of benzene rings is 2. The van der Waals surface area contributed by atoms with E-state index in [1.165, 1.54) is 5.56 Å². The van der Waals surface area contributed by atoms with Crippen molar-refractivity contribution in [2.75, 3.05) is 6.54 Å². The molecule has 2 rings (SSSR count). The van der Waals surface area contributed by atoms with Gasteiger partial charge in [-0.3, -0.25) is 0 Å². The van der Waals surface area contributed by atoms with Crippen LogP contribution in [0.25, 0.3) is 0 Å². The number of hydrogen-bond donors (Lipinski definition) is 1. The molecule has 0 aromatic heterocycles. The number of nitriles is 1. The van der Waals surface area contributed by atoms with Crippen molar-refractivity contribution in [2.24, 2.45) is 0 Å². The first-order valence-electron chi connectivity index (χ1n) is 6.54. The molecule has 2 aromatic carbocycles. The summed E-state index contributed by atoms with van der Waals surface area (Å²) in [5.41, 5.74) is 3.22. The molecule has 0 fully saturated rings. The molecular weight excluding hydrogens is 232 g/mol. The van der Waals surface area contributed by atoms with Gasteiger partial charge in [-0.15, -0.1) is 0 Å². The Bertz CT molecular complexity index is 555. The summed E-state index contributed by atoms with van der Waals surface area (Å²) < 4.78 is 0. The van der Waals surface area contributed by atoms with Gasteiger partial charge in [0.1, 0.15) is 0 Å². The summed E-state index contributed by atoms with van der Waals surface area (Å²) in [4.78, 5) is 0. The molecule has 0 amide bonds. The van der Waals surface area contributed by atoms with Crippen molar-refractivity contribution in [2.45, 2.75) is 19.4 Å². The van der Waals surface area contributed by atoms with E-state index in [2.05, 4.69) is 42.6 Å². The number of rotatable bonds is 5. The maximum Gasteiger partial charge on any atom is 0.0991 e. The zero-order valence-electron chi connectivity index (χ0n) is 11.1. The molecule has 1 unspecified atom stereocenters. The molecule has 0 aliphatic carbocycles. The minimum Gasteiger partial charge on any atom is -0.312 e. The zero-order valence-corrected chi connectivity index (χ0v) is 11.1. The first kappa shape index (κ1) is 13.3. The predicted octanol–water partition coefficient (Wildman–Crippen LogP) is 3.45. The average molecular weight is 250 g/mol. The van der Waals surface area contributed by atoms with Crippen LogP contribution in [0.2, 0.25) is 0 Å². The van der Waals surface area contributed by atoms with E-state index in [0.717, 1.165) is 24.2 Å². The van der Waals surface area contributed by atoms with Gasteiger partial charge < -0.3 is 5.32 Å². The van der Waals surface area contributed by atoms with Gasteiger partial charge in [0.15, 0.2) is 0 Å². The van der Waals surface area contributed by atoms with E-state index in [0.29, 0.717) is 5.92 Å². The van der Waals surface area contributed by atoms with Crippen molar-refractivity contribution in [3.05, 3.63) is 71.3 Å². The summed E-state index contributed by atoms with van der Waals surface area (Å²) in [7, 11) is 0. The third kappa shape index (κ3) is 3.94. The minimum absolute atomic E-state index is 0.486. The van der Waals surface area contributed by atoms with Crippen molar-refractivity contribution < 1.29 is 0 Å². The molecule has 96 valence electrons. The van der Waals surface area contributed by atoms with E-state index >= 15 is 0 Å². The largest absolute Gasteiger partial charge is 0.312 e. The molecule has 19 heavy (non-hydrogen) atoms. The first-order valence-corrected chi connectivity index (χ1v) is 6.54. The maximum atomic E-state index is 8.85. The van der Waals surface area contributed by atoms with Crippen LogP contribution in [0.4, 0.5) is 0 Å². The second kappa shape index (κ2) is 6.72. The lowest BCUT2D eigenvalue weighted by atomic mass is 10.0. The van der Waals surface area contributed by atoms with E-state index in [1.807, 2.05) is 30.3 Å². The Morgan fingerprint density at radius 3 is 2.63 bits per heavy atom. The lowest BCUT2D eigenvalue weighted by Crippen LogP contribution is -2.19. The summed E-state index contributed by atoms with van der Waals surface area (Å²) >= 11 is 0. The highest BCUT2D eigenvalue weighted by molar-refractivity contribution is 5.32. The highest BCUT2D eigenvalue weighted by Crippen LogP contribution is 2.13. The Morgan fingerprint density at radius 1 is 1.11 bits per heavy atom. The van der Waals surface area contributed by atoms with E-state index < -0.39 is 0 Å². The molecule has 0 aliphatic rings. The maximum absolute atomic E-state index is 8.85. The number of hydrogen-bond acceptors (Lipinski definition) is 2. The Kier molecular flexibility index (Phi) is 4.72. The standard InChI is InChI=1S/C17H18N2/c1-14(17-8-3-2-4-9-17)12-19-13-16-7-5-6-15(10-16)11-18/h2-10,14,19H,12-13H2,1H3. The molecule has 2 aromatic rings. The number of nitrogens with one attached hydrogen (secondary N) is 1. The van der Waals surface area contributed by atoms with Crippen LogP contribution in [-0.4, -0.2) is 6.54 Å². The van der Waals surface area contributed by atoms with Crippen molar-refractivity contribution >= 4 is 0 Å². The quantitative estimate of drug-likeness (QED) is 0.882. The molecule has 2 nitrogen and oxygen atoms in total. The fourth-order valence-electron chi connectivity index (χ4n) is 2.08. The van der Waals surface area contributed by atoms with E-state index in [1.54, 1.807) is 0 Å². The summed E-state index contributed by atoms with van der Waals surface area (Å²) in [5.74, 6) is 0.486. The third-order valence-electron chi connectivity index (χ3n) is 3.20. The van der Waals surface area contributed by atoms with Crippen LogP contribution in [0.15, 0.2) is 54.6 Å². The Hall–Kier alpha value is -2.11. The first-order chi connectivity index (χ1) is 9.29. The molecule has 0 heterocycles. The predicted molar refractivity (Wildman–Crippen MR) is 77.7 cm³/mol. The lowest BCUT2D eigenvalue weighted by Gasteiger charge is -2.13. The second-order valence-corrected chi connectivity index (χ2v) is 4.75. The molecule has 1 atom stereocenters. The molecule has 2 heteroatoms. The van der Waals surface area contributed by atoms with Gasteiger partial charge in [-0.05, 0) is 29.2 Å². The topological polar surface area (TPSA) is 35.8 Å². The van der Waals surface area contributed by atoms with Crippen LogP contribution in [-0.2, 0) is 6.54 Å². The third-order valence-corrected chi connectivity index (χ3v) is 3.20. The zero-order chi connectivity index (χ0) is 13.5. The molecule has 0 radical (unpaired) electrons. The summed E-state index contributed by atoms with van der Waals surface area (Å²) in [6.07, 6.45) is 0. The van der Waals surface area contributed by atoms with Gasteiger partial charge in [0.05, 0.1) is 11.6 Å². The molecular formula is C17H18N2. The number of nitrogens with zero attached hydrogens (tertiary/aromatic N) is 1. The van der Waals surface area contributed by atoms with Crippen LogP contribution >= 0.6 is 0 Å². The molecule has 0 aliphatic heterocycles. The average Bonchev–Trinajstić information content (AvgIpc) is 2.48. The Balaban J connectivity index is 1.85. The van der Waals surface area contributed by atoms with Crippen molar-refractivity contribution in [1.82, 2.24) is 5.32 Å². The minimum atomic E-state index is 0.486. The van der Waals surface area contributed by atoms with Gasteiger partial charge in [-0.25, -0.2) is 0 Å². The summed E-state index contributed by atoms with van der Waals surface area (Å²) in [6, 6.07) is 20.4. The fraction of sp³-hybridized carbons (Fsp3) is 0.235. The fourth-order valence-corrected chi connectivity index (χ4v) is 2.08. The summed E-state index contributed by atoms with van der Waals surface area (Å²) in [5, 5.41) is 12.3. The highest BCUT2D eigenvalue weighted by atomic mass is 14.9. The van der Waals surface area contributed by atoms with Crippen LogP contribution < -0.4 is 5.32 Å². The Labute approximate surface area is 114 Å². The van der Waals surface area contributed by atoms with Crippen molar-refractivity contribution in [3.8, 4) is 6.07 Å². The highest BCUT2D eigenvalue weighted by Gasteiger charge is 2.04. The van der Waals surface area contributed by atoms with E-state index in [9.17, 15) is 0 Å². The van der Waals surface area contributed by atoms with Gasteiger partial charge in [0, 0.05) is 13.1 Å². The van der Waals surface area contributed by atoms with Crippen molar-refractivity contribution in [1.29, 1.82) is 5.26 Å².